The average molecular weight is 354 g/mol. The van der Waals surface area contributed by atoms with Crippen LogP contribution in [0.15, 0.2) is 91.5 Å². The van der Waals surface area contributed by atoms with Gasteiger partial charge in [-0.1, -0.05) is 85.4 Å². The van der Waals surface area contributed by atoms with Gasteiger partial charge in [0.1, 0.15) is 0 Å². The van der Waals surface area contributed by atoms with Crippen LogP contribution < -0.4 is 0 Å². The molecule has 0 radical (unpaired) electrons. The fourth-order valence-electron chi connectivity index (χ4n) is 2.71. The molecule has 3 aromatic rings. The van der Waals surface area contributed by atoms with Crippen LogP contribution in [0.5, 0.6) is 0 Å². The molecule has 0 amide bonds. The SMILES string of the molecule is C=C(C(=O)c1ccc(/C=C/C(=O)O)cc1)c1ccc(-c2ccccc2)cc1. The molecular formula is C24H18O3. The number of hydrogen-bond donors (Lipinski definition) is 1. The molecule has 0 saturated carbocycles. The van der Waals surface area contributed by atoms with E-state index < -0.39 is 5.97 Å². The highest BCUT2D eigenvalue weighted by molar-refractivity contribution is 6.28. The van der Waals surface area contributed by atoms with E-state index in [4.69, 9.17) is 5.11 Å². The summed E-state index contributed by atoms with van der Waals surface area (Å²) in [6, 6.07) is 24.5. The van der Waals surface area contributed by atoms with Gasteiger partial charge < -0.3 is 5.11 Å². The van der Waals surface area contributed by atoms with Crippen molar-refractivity contribution in [3.05, 3.63) is 108 Å². The minimum atomic E-state index is -1.01. The first-order valence-corrected chi connectivity index (χ1v) is 8.45. The lowest BCUT2D eigenvalue weighted by Crippen LogP contribution is -2.01. The number of carboxylic acid groups (broad SMARTS) is 1. The summed E-state index contributed by atoms with van der Waals surface area (Å²) < 4.78 is 0. The third-order valence-corrected chi connectivity index (χ3v) is 4.21. The highest BCUT2D eigenvalue weighted by atomic mass is 16.4. The van der Waals surface area contributed by atoms with Crippen LogP contribution in [-0.2, 0) is 4.79 Å². The van der Waals surface area contributed by atoms with Crippen LogP contribution in [0.25, 0.3) is 22.8 Å². The van der Waals surface area contributed by atoms with E-state index in [9.17, 15) is 9.59 Å². The number of carboxylic acids is 1. The third kappa shape index (κ3) is 4.47. The van der Waals surface area contributed by atoms with E-state index in [1.807, 2.05) is 54.6 Å². The highest BCUT2D eigenvalue weighted by Gasteiger charge is 2.12. The minimum absolute atomic E-state index is 0.156. The number of aliphatic carboxylic acids is 1. The van der Waals surface area contributed by atoms with E-state index in [-0.39, 0.29) is 5.78 Å². The largest absolute Gasteiger partial charge is 0.478 e. The van der Waals surface area contributed by atoms with Crippen molar-refractivity contribution in [2.45, 2.75) is 0 Å². The quantitative estimate of drug-likeness (QED) is 0.480. The zero-order chi connectivity index (χ0) is 19.2. The number of hydrogen-bond acceptors (Lipinski definition) is 2. The summed E-state index contributed by atoms with van der Waals surface area (Å²) >= 11 is 0. The van der Waals surface area contributed by atoms with Gasteiger partial charge in [-0.25, -0.2) is 4.79 Å². The Kier molecular flexibility index (Phi) is 5.43. The zero-order valence-corrected chi connectivity index (χ0v) is 14.6. The van der Waals surface area contributed by atoms with Gasteiger partial charge in [0.25, 0.3) is 0 Å². The number of Topliss-reactive ketones (excluding diaryl/α,β-unsaturated/α-hetero) is 1. The molecule has 3 rings (SSSR count). The fourth-order valence-corrected chi connectivity index (χ4v) is 2.71. The van der Waals surface area contributed by atoms with Gasteiger partial charge in [0.05, 0.1) is 0 Å². The summed E-state index contributed by atoms with van der Waals surface area (Å²) in [5.41, 5.74) is 4.62. The van der Waals surface area contributed by atoms with Crippen LogP contribution in [0, 0.1) is 0 Å². The molecule has 0 bridgehead atoms. The molecule has 0 aliphatic carbocycles. The van der Waals surface area contributed by atoms with Crippen molar-refractivity contribution in [3.63, 3.8) is 0 Å². The predicted molar refractivity (Wildman–Crippen MR) is 108 cm³/mol. The Morgan fingerprint density at radius 1 is 0.741 bits per heavy atom. The number of benzene rings is 3. The summed E-state index contributed by atoms with van der Waals surface area (Å²) in [5, 5.41) is 8.66. The van der Waals surface area contributed by atoms with Gasteiger partial charge in [-0.15, -0.1) is 0 Å². The first-order chi connectivity index (χ1) is 13.0. The van der Waals surface area contributed by atoms with Crippen molar-refractivity contribution < 1.29 is 14.7 Å². The zero-order valence-electron chi connectivity index (χ0n) is 14.6. The van der Waals surface area contributed by atoms with Crippen molar-refractivity contribution in [3.8, 4) is 11.1 Å². The molecule has 0 atom stereocenters. The normalized spacial score (nSPS) is 10.7. The molecule has 0 heterocycles. The molecular weight excluding hydrogens is 336 g/mol. The molecule has 0 spiro atoms. The maximum absolute atomic E-state index is 12.7. The second-order valence-corrected chi connectivity index (χ2v) is 6.04. The number of allylic oxidation sites excluding steroid dienone is 1. The van der Waals surface area contributed by atoms with Crippen LogP contribution in [0.1, 0.15) is 21.5 Å². The maximum atomic E-state index is 12.7. The Balaban J connectivity index is 1.75. The summed E-state index contributed by atoms with van der Waals surface area (Å²) in [5.74, 6) is -1.17. The molecule has 1 N–H and O–H groups in total. The third-order valence-electron chi connectivity index (χ3n) is 4.21. The molecule has 0 saturated heterocycles. The van der Waals surface area contributed by atoms with E-state index in [1.165, 1.54) is 6.08 Å². The number of rotatable bonds is 6. The Labute approximate surface area is 157 Å². The lowest BCUT2D eigenvalue weighted by molar-refractivity contribution is -0.131. The van der Waals surface area contributed by atoms with Crippen LogP contribution >= 0.6 is 0 Å². The molecule has 27 heavy (non-hydrogen) atoms. The van der Waals surface area contributed by atoms with Gasteiger partial charge in [-0.05, 0) is 28.3 Å². The Hall–Kier alpha value is -3.72. The molecule has 3 nitrogen and oxygen atoms in total. The van der Waals surface area contributed by atoms with Crippen LogP contribution in [0.2, 0.25) is 0 Å². The molecule has 0 aromatic heterocycles. The monoisotopic (exact) mass is 354 g/mol. The number of carbonyl (C=O) groups excluding carboxylic acids is 1. The maximum Gasteiger partial charge on any atom is 0.328 e. The molecule has 3 heteroatoms. The second-order valence-electron chi connectivity index (χ2n) is 6.04. The average Bonchev–Trinajstić information content (AvgIpc) is 2.72. The van der Waals surface area contributed by atoms with Crippen molar-refractivity contribution in [2.75, 3.05) is 0 Å². The van der Waals surface area contributed by atoms with Gasteiger partial charge in [0.2, 0.25) is 0 Å². The highest BCUT2D eigenvalue weighted by Crippen LogP contribution is 2.24. The van der Waals surface area contributed by atoms with Gasteiger partial charge in [0, 0.05) is 17.2 Å². The molecule has 3 aromatic carbocycles. The number of carbonyl (C=O) groups is 2. The van der Waals surface area contributed by atoms with Crippen LogP contribution in [-0.4, -0.2) is 16.9 Å². The molecule has 132 valence electrons. The van der Waals surface area contributed by atoms with Crippen molar-refractivity contribution in [1.82, 2.24) is 0 Å². The Morgan fingerprint density at radius 2 is 1.30 bits per heavy atom. The van der Waals surface area contributed by atoms with E-state index in [2.05, 4.69) is 6.58 Å². The summed E-state index contributed by atoms with van der Waals surface area (Å²) in [7, 11) is 0. The number of ketones is 1. The molecule has 0 fully saturated rings. The van der Waals surface area contributed by atoms with Crippen molar-refractivity contribution in [2.24, 2.45) is 0 Å². The fraction of sp³-hybridized carbons (Fsp3) is 0. The van der Waals surface area contributed by atoms with E-state index >= 15 is 0 Å². The molecule has 0 aliphatic rings. The second kappa shape index (κ2) is 8.11. The topological polar surface area (TPSA) is 54.4 Å². The van der Waals surface area contributed by atoms with E-state index in [0.29, 0.717) is 16.7 Å². The summed E-state index contributed by atoms with van der Waals surface area (Å²) in [4.78, 5) is 23.2. The van der Waals surface area contributed by atoms with Gasteiger partial charge in [0.15, 0.2) is 5.78 Å². The first-order valence-electron chi connectivity index (χ1n) is 8.45. The van der Waals surface area contributed by atoms with Gasteiger partial charge >= 0.3 is 5.97 Å². The lowest BCUT2D eigenvalue weighted by atomic mass is 9.95. The Morgan fingerprint density at radius 3 is 1.89 bits per heavy atom. The van der Waals surface area contributed by atoms with E-state index in [1.54, 1.807) is 24.3 Å². The smallest absolute Gasteiger partial charge is 0.328 e. The van der Waals surface area contributed by atoms with Crippen molar-refractivity contribution >= 4 is 23.4 Å². The Bertz CT molecular complexity index is 996. The van der Waals surface area contributed by atoms with Crippen molar-refractivity contribution in [1.29, 1.82) is 0 Å². The van der Waals surface area contributed by atoms with E-state index in [0.717, 1.165) is 22.8 Å². The first kappa shape index (κ1) is 18.1. The minimum Gasteiger partial charge on any atom is -0.478 e. The van der Waals surface area contributed by atoms with Gasteiger partial charge in [-0.2, -0.15) is 0 Å². The standard InChI is InChI=1S/C24H18O3/c1-17(19-12-14-21(15-13-19)20-5-3-2-4-6-20)24(27)22-10-7-18(8-11-22)9-16-23(25)26/h2-16H,1H2,(H,25,26)/b16-9+. The van der Waals surface area contributed by atoms with Crippen LogP contribution in [0.3, 0.4) is 0 Å². The molecule has 0 aliphatic heterocycles. The summed E-state index contributed by atoms with van der Waals surface area (Å²) in [6.45, 7) is 3.94. The lowest BCUT2D eigenvalue weighted by Gasteiger charge is -2.08. The summed E-state index contributed by atoms with van der Waals surface area (Å²) in [6.07, 6.45) is 2.54. The molecule has 0 unspecified atom stereocenters. The predicted octanol–water partition coefficient (Wildman–Crippen LogP) is 5.35. The van der Waals surface area contributed by atoms with Crippen LogP contribution in [0.4, 0.5) is 0 Å². The van der Waals surface area contributed by atoms with Gasteiger partial charge in [-0.3, -0.25) is 4.79 Å².